The molecule has 0 amide bonds. The lowest BCUT2D eigenvalue weighted by Crippen LogP contribution is -2.24. The minimum Gasteiger partial charge on any atom is -0.330 e. The third kappa shape index (κ3) is 3.92. The highest BCUT2D eigenvalue weighted by Gasteiger charge is 2.16. The Labute approximate surface area is 96.9 Å². The number of hydrogen-bond donors (Lipinski definition) is 1. The van der Waals surface area contributed by atoms with Gasteiger partial charge in [-0.05, 0) is 30.7 Å². The van der Waals surface area contributed by atoms with Crippen molar-refractivity contribution in [2.75, 3.05) is 6.54 Å². The maximum atomic E-state index is 5.71. The Kier molecular flexibility index (Phi) is 4.29. The van der Waals surface area contributed by atoms with Crippen LogP contribution in [0, 0.1) is 5.41 Å². The second kappa shape index (κ2) is 5.08. The summed E-state index contributed by atoms with van der Waals surface area (Å²) in [5.41, 5.74) is 7.17. The largest absolute Gasteiger partial charge is 0.330 e. The van der Waals surface area contributed by atoms with Crippen LogP contribution in [-0.4, -0.2) is 11.5 Å². The summed E-state index contributed by atoms with van der Waals surface area (Å²) in [5.74, 6) is 0.539. The molecule has 15 heavy (non-hydrogen) atoms. The molecule has 0 saturated heterocycles. The molecule has 2 N–H and O–H groups in total. The zero-order valence-electron chi connectivity index (χ0n) is 10.2. The van der Waals surface area contributed by atoms with Crippen LogP contribution < -0.4 is 5.73 Å². The lowest BCUT2D eigenvalue weighted by Gasteiger charge is -2.21. The number of nitrogens with two attached hydrogens (primary N) is 1. The van der Waals surface area contributed by atoms with Crippen molar-refractivity contribution in [1.82, 2.24) is 4.98 Å². The van der Waals surface area contributed by atoms with Crippen LogP contribution in [0.3, 0.4) is 0 Å². The number of hydrogen-bond acceptors (Lipinski definition) is 3. The Morgan fingerprint density at radius 2 is 2.13 bits per heavy atom. The highest BCUT2D eigenvalue weighted by molar-refractivity contribution is 7.09. The molecule has 0 radical (unpaired) electrons. The fourth-order valence-corrected chi connectivity index (χ4v) is 2.21. The van der Waals surface area contributed by atoms with E-state index in [1.165, 1.54) is 10.7 Å². The SMILES string of the molecule is CC(C)c1csc(CCC(C)(C)CN)n1. The van der Waals surface area contributed by atoms with Crippen molar-refractivity contribution in [3.63, 3.8) is 0 Å². The summed E-state index contributed by atoms with van der Waals surface area (Å²) in [4.78, 5) is 4.62. The molecule has 1 heterocycles. The Bertz CT molecular complexity index is 302. The first-order valence-electron chi connectivity index (χ1n) is 5.59. The second-order valence-electron chi connectivity index (χ2n) is 5.19. The fourth-order valence-electron chi connectivity index (χ4n) is 1.25. The molecule has 0 spiro atoms. The van der Waals surface area contributed by atoms with Gasteiger partial charge in [-0.1, -0.05) is 27.7 Å². The Hall–Kier alpha value is -0.410. The monoisotopic (exact) mass is 226 g/mol. The third-order valence-corrected chi connectivity index (χ3v) is 3.66. The Balaban J connectivity index is 2.51. The smallest absolute Gasteiger partial charge is 0.0928 e. The molecule has 3 heteroatoms. The molecule has 0 aliphatic rings. The normalized spacial score (nSPS) is 12.4. The molecule has 2 nitrogen and oxygen atoms in total. The van der Waals surface area contributed by atoms with Gasteiger partial charge < -0.3 is 5.73 Å². The summed E-state index contributed by atoms with van der Waals surface area (Å²) >= 11 is 1.78. The van der Waals surface area contributed by atoms with Crippen molar-refractivity contribution >= 4 is 11.3 Å². The number of nitrogens with zero attached hydrogens (tertiary/aromatic N) is 1. The van der Waals surface area contributed by atoms with Gasteiger partial charge in [0.15, 0.2) is 0 Å². The lowest BCUT2D eigenvalue weighted by atomic mass is 9.88. The van der Waals surface area contributed by atoms with Crippen LogP contribution in [0.15, 0.2) is 5.38 Å². The summed E-state index contributed by atoms with van der Waals surface area (Å²) in [6.45, 7) is 9.54. The molecule has 0 aromatic carbocycles. The van der Waals surface area contributed by atoms with E-state index in [0.29, 0.717) is 5.92 Å². The van der Waals surface area contributed by atoms with Crippen molar-refractivity contribution < 1.29 is 0 Å². The van der Waals surface area contributed by atoms with Crippen LogP contribution >= 0.6 is 11.3 Å². The predicted octanol–water partition coefficient (Wildman–Crippen LogP) is 3.18. The summed E-state index contributed by atoms with van der Waals surface area (Å²) in [6, 6.07) is 0. The molecule has 0 aliphatic carbocycles. The number of aryl methyl sites for hydroxylation is 1. The maximum Gasteiger partial charge on any atom is 0.0928 e. The summed E-state index contributed by atoms with van der Waals surface area (Å²) in [5, 5.41) is 3.43. The second-order valence-corrected chi connectivity index (χ2v) is 6.13. The molecule has 0 fully saturated rings. The van der Waals surface area contributed by atoms with Gasteiger partial charge in [-0.3, -0.25) is 0 Å². The topological polar surface area (TPSA) is 38.9 Å². The standard InChI is InChI=1S/C12H22N2S/c1-9(2)10-7-15-11(14-10)5-6-12(3,4)8-13/h7,9H,5-6,8,13H2,1-4H3. The fraction of sp³-hybridized carbons (Fsp3) is 0.750. The van der Waals surface area contributed by atoms with E-state index in [4.69, 9.17) is 5.73 Å². The van der Waals surface area contributed by atoms with E-state index in [9.17, 15) is 0 Å². The van der Waals surface area contributed by atoms with Crippen LogP contribution in [0.4, 0.5) is 0 Å². The quantitative estimate of drug-likeness (QED) is 0.837. The molecule has 1 aromatic rings. The van der Waals surface area contributed by atoms with Crippen molar-refractivity contribution in [2.24, 2.45) is 11.1 Å². The van der Waals surface area contributed by atoms with E-state index in [-0.39, 0.29) is 5.41 Å². The first-order valence-corrected chi connectivity index (χ1v) is 6.47. The van der Waals surface area contributed by atoms with Gasteiger partial charge >= 0.3 is 0 Å². The first-order chi connectivity index (χ1) is 6.94. The predicted molar refractivity (Wildman–Crippen MR) is 67.4 cm³/mol. The lowest BCUT2D eigenvalue weighted by molar-refractivity contribution is 0.347. The van der Waals surface area contributed by atoms with Crippen molar-refractivity contribution in [3.8, 4) is 0 Å². The zero-order chi connectivity index (χ0) is 11.5. The van der Waals surface area contributed by atoms with Gasteiger partial charge in [0, 0.05) is 5.38 Å². The molecule has 86 valence electrons. The van der Waals surface area contributed by atoms with E-state index < -0.39 is 0 Å². The third-order valence-electron chi connectivity index (χ3n) is 2.73. The number of thiazole rings is 1. The van der Waals surface area contributed by atoms with Crippen LogP contribution in [0.25, 0.3) is 0 Å². The van der Waals surface area contributed by atoms with Gasteiger partial charge in [-0.15, -0.1) is 11.3 Å². The molecule has 0 atom stereocenters. The van der Waals surface area contributed by atoms with E-state index in [2.05, 4.69) is 38.1 Å². The van der Waals surface area contributed by atoms with E-state index in [1.54, 1.807) is 11.3 Å². The van der Waals surface area contributed by atoms with E-state index in [1.807, 2.05) is 0 Å². The zero-order valence-corrected chi connectivity index (χ0v) is 11.0. The van der Waals surface area contributed by atoms with Gasteiger partial charge in [-0.25, -0.2) is 4.98 Å². The summed E-state index contributed by atoms with van der Waals surface area (Å²) in [7, 11) is 0. The Morgan fingerprint density at radius 1 is 1.47 bits per heavy atom. The molecule has 0 aliphatic heterocycles. The first kappa shape index (κ1) is 12.7. The van der Waals surface area contributed by atoms with Crippen LogP contribution in [0.5, 0.6) is 0 Å². The number of rotatable bonds is 5. The van der Waals surface area contributed by atoms with Crippen molar-refractivity contribution in [3.05, 3.63) is 16.1 Å². The molecule has 0 bridgehead atoms. The summed E-state index contributed by atoms with van der Waals surface area (Å²) in [6.07, 6.45) is 2.18. The minimum atomic E-state index is 0.240. The van der Waals surface area contributed by atoms with Gasteiger partial charge in [0.25, 0.3) is 0 Å². The molecule has 0 unspecified atom stereocenters. The van der Waals surface area contributed by atoms with Crippen molar-refractivity contribution in [1.29, 1.82) is 0 Å². The molecule has 1 rings (SSSR count). The van der Waals surface area contributed by atoms with Crippen LogP contribution in [0.2, 0.25) is 0 Å². The number of aromatic nitrogens is 1. The Morgan fingerprint density at radius 3 is 2.60 bits per heavy atom. The van der Waals surface area contributed by atoms with Gasteiger partial charge in [0.05, 0.1) is 10.7 Å². The van der Waals surface area contributed by atoms with Gasteiger partial charge in [0.2, 0.25) is 0 Å². The summed E-state index contributed by atoms with van der Waals surface area (Å²) < 4.78 is 0. The molecule has 1 aromatic heterocycles. The van der Waals surface area contributed by atoms with Gasteiger partial charge in [-0.2, -0.15) is 0 Å². The highest BCUT2D eigenvalue weighted by atomic mass is 32.1. The van der Waals surface area contributed by atoms with Gasteiger partial charge in [0.1, 0.15) is 0 Å². The van der Waals surface area contributed by atoms with Crippen molar-refractivity contribution in [2.45, 2.75) is 46.5 Å². The van der Waals surface area contributed by atoms with E-state index >= 15 is 0 Å². The van der Waals surface area contributed by atoms with Crippen LogP contribution in [0.1, 0.15) is 50.7 Å². The average Bonchev–Trinajstić information content (AvgIpc) is 2.63. The minimum absolute atomic E-state index is 0.240. The van der Waals surface area contributed by atoms with Crippen LogP contribution in [-0.2, 0) is 6.42 Å². The molecule has 0 saturated carbocycles. The molecular formula is C12H22N2S. The highest BCUT2D eigenvalue weighted by Crippen LogP contribution is 2.24. The van der Waals surface area contributed by atoms with E-state index in [0.717, 1.165) is 19.4 Å². The maximum absolute atomic E-state index is 5.71. The molecular weight excluding hydrogens is 204 g/mol. The average molecular weight is 226 g/mol.